The third kappa shape index (κ3) is 5.73. The summed E-state index contributed by atoms with van der Waals surface area (Å²) in [6, 6.07) is 11.1. The van der Waals surface area contributed by atoms with Gasteiger partial charge in [-0.25, -0.2) is 0 Å². The highest BCUT2D eigenvalue weighted by Crippen LogP contribution is 2.30. The molecule has 0 aromatic heterocycles. The number of carbonyl (C=O) groups is 2. The van der Waals surface area contributed by atoms with E-state index in [1.807, 2.05) is 11.0 Å². The fourth-order valence-corrected chi connectivity index (χ4v) is 3.41. The average Bonchev–Trinajstić information content (AvgIpc) is 3.15. The normalized spacial score (nSPS) is 17.0. The summed E-state index contributed by atoms with van der Waals surface area (Å²) >= 11 is 0. The Hall–Kier alpha value is -3.07. The number of benzene rings is 2. The quantitative estimate of drug-likeness (QED) is 0.719. The van der Waals surface area contributed by atoms with Crippen molar-refractivity contribution >= 4 is 17.5 Å². The van der Waals surface area contributed by atoms with Gasteiger partial charge >= 0.3 is 6.18 Å². The number of nitrogens with two attached hydrogens (primary N) is 1. The van der Waals surface area contributed by atoms with Crippen LogP contribution in [0.4, 0.5) is 18.9 Å². The monoisotopic (exact) mass is 421 g/mol. The molecule has 0 bridgehead atoms. The number of amides is 2. The summed E-state index contributed by atoms with van der Waals surface area (Å²) in [6.07, 6.45) is -2.77. The minimum Gasteiger partial charge on any atom is -0.484 e. The second-order valence-corrected chi connectivity index (χ2v) is 7.09. The summed E-state index contributed by atoms with van der Waals surface area (Å²) < 4.78 is 42.9. The number of primary amides is 1. The number of carbonyl (C=O) groups excluding carboxylic acids is 2. The largest absolute Gasteiger partial charge is 0.484 e. The average molecular weight is 421 g/mol. The molecule has 3 rings (SSSR count). The van der Waals surface area contributed by atoms with E-state index in [-0.39, 0.29) is 24.3 Å². The minimum atomic E-state index is -4.42. The maximum Gasteiger partial charge on any atom is 0.416 e. The molecule has 0 aliphatic carbocycles. The Balaban J connectivity index is 1.53. The number of hydrogen-bond acceptors (Lipinski definition) is 4. The van der Waals surface area contributed by atoms with Crippen LogP contribution >= 0.6 is 0 Å². The lowest BCUT2D eigenvalue weighted by molar-refractivity contribution is -0.137. The van der Waals surface area contributed by atoms with E-state index in [9.17, 15) is 22.8 Å². The third-order valence-corrected chi connectivity index (χ3v) is 4.84. The van der Waals surface area contributed by atoms with Crippen molar-refractivity contribution in [2.75, 3.05) is 18.5 Å². The first kappa shape index (κ1) is 21.6. The Bertz CT molecular complexity index is 900. The van der Waals surface area contributed by atoms with E-state index in [0.717, 1.165) is 37.1 Å². The predicted octanol–water partition coefficient (Wildman–Crippen LogP) is 3.17. The van der Waals surface area contributed by atoms with Crippen LogP contribution in [0.15, 0.2) is 48.5 Å². The first-order valence-electron chi connectivity index (χ1n) is 9.44. The van der Waals surface area contributed by atoms with Crippen molar-refractivity contribution in [3.05, 3.63) is 59.7 Å². The second-order valence-electron chi connectivity index (χ2n) is 7.09. The van der Waals surface area contributed by atoms with Gasteiger partial charge in [-0.2, -0.15) is 13.2 Å². The van der Waals surface area contributed by atoms with Crippen LogP contribution in [0.5, 0.6) is 5.75 Å². The molecule has 1 atom stereocenters. The van der Waals surface area contributed by atoms with Crippen LogP contribution in [-0.2, 0) is 22.3 Å². The van der Waals surface area contributed by atoms with Gasteiger partial charge in [-0.15, -0.1) is 0 Å². The van der Waals surface area contributed by atoms with Crippen molar-refractivity contribution in [3.8, 4) is 5.75 Å². The highest BCUT2D eigenvalue weighted by atomic mass is 19.4. The number of anilines is 1. The van der Waals surface area contributed by atoms with Crippen molar-refractivity contribution in [2.45, 2.75) is 31.6 Å². The van der Waals surface area contributed by atoms with Crippen LogP contribution in [-0.4, -0.2) is 35.9 Å². The molecule has 1 heterocycles. The van der Waals surface area contributed by atoms with Gasteiger partial charge < -0.3 is 15.8 Å². The standard InChI is InChI=1S/C21H22F3N3O3/c22-21(23,24)15-6-8-17(9-7-15)30-13-19(28)26-16-4-1-3-14(11-16)12-27-10-2-5-18(27)20(25)29/h1,3-4,6-9,11,18H,2,5,10,12-13H2,(H2,25,29)(H,26,28). The van der Waals surface area contributed by atoms with Crippen molar-refractivity contribution in [1.82, 2.24) is 4.90 Å². The Morgan fingerprint density at radius 2 is 1.90 bits per heavy atom. The SMILES string of the molecule is NC(=O)C1CCCN1Cc1cccc(NC(=O)COc2ccc(C(F)(F)F)cc2)c1. The zero-order chi connectivity index (χ0) is 21.7. The van der Waals surface area contributed by atoms with Crippen LogP contribution in [0, 0.1) is 0 Å². The summed E-state index contributed by atoms with van der Waals surface area (Å²) in [5.74, 6) is -0.612. The van der Waals surface area contributed by atoms with E-state index in [2.05, 4.69) is 5.32 Å². The Kier molecular flexibility index (Phi) is 6.61. The molecule has 30 heavy (non-hydrogen) atoms. The molecule has 3 N–H and O–H groups in total. The van der Waals surface area contributed by atoms with Crippen molar-refractivity contribution in [3.63, 3.8) is 0 Å². The van der Waals surface area contributed by atoms with Crippen LogP contribution in [0.2, 0.25) is 0 Å². The third-order valence-electron chi connectivity index (χ3n) is 4.84. The fraction of sp³-hybridized carbons (Fsp3) is 0.333. The molecular weight excluding hydrogens is 399 g/mol. The lowest BCUT2D eigenvalue weighted by atomic mass is 10.1. The molecule has 9 heteroatoms. The number of alkyl halides is 3. The van der Waals surface area contributed by atoms with Gasteiger partial charge in [0.05, 0.1) is 11.6 Å². The van der Waals surface area contributed by atoms with Crippen molar-refractivity contribution < 1.29 is 27.5 Å². The second kappa shape index (κ2) is 9.17. The van der Waals surface area contributed by atoms with Gasteiger partial charge in [0.2, 0.25) is 5.91 Å². The highest BCUT2D eigenvalue weighted by Gasteiger charge is 2.30. The number of nitrogens with one attached hydrogen (secondary N) is 1. The molecule has 0 radical (unpaired) electrons. The zero-order valence-electron chi connectivity index (χ0n) is 16.1. The molecule has 2 aromatic rings. The van der Waals surface area contributed by atoms with E-state index in [1.54, 1.807) is 18.2 Å². The molecule has 0 spiro atoms. The lowest BCUT2D eigenvalue weighted by Gasteiger charge is -2.22. The molecule has 1 aliphatic heterocycles. The summed E-state index contributed by atoms with van der Waals surface area (Å²) in [5.41, 5.74) is 6.14. The Morgan fingerprint density at radius 1 is 1.17 bits per heavy atom. The summed E-state index contributed by atoms with van der Waals surface area (Å²) in [6.45, 7) is 0.982. The summed E-state index contributed by atoms with van der Waals surface area (Å²) in [4.78, 5) is 25.7. The summed E-state index contributed by atoms with van der Waals surface area (Å²) in [5, 5.41) is 2.69. The van der Waals surface area contributed by atoms with Gasteiger partial charge in [0, 0.05) is 12.2 Å². The molecule has 2 amide bonds. The van der Waals surface area contributed by atoms with E-state index >= 15 is 0 Å². The van der Waals surface area contributed by atoms with E-state index in [4.69, 9.17) is 10.5 Å². The van der Waals surface area contributed by atoms with Gasteiger partial charge in [0.15, 0.2) is 6.61 Å². The predicted molar refractivity (Wildman–Crippen MR) is 105 cm³/mol. The number of nitrogens with zero attached hydrogens (tertiary/aromatic N) is 1. The van der Waals surface area contributed by atoms with Crippen LogP contribution in [0.1, 0.15) is 24.0 Å². The summed E-state index contributed by atoms with van der Waals surface area (Å²) in [7, 11) is 0. The number of likely N-dealkylation sites (tertiary alicyclic amines) is 1. The van der Waals surface area contributed by atoms with Gasteiger partial charge in [-0.1, -0.05) is 12.1 Å². The lowest BCUT2D eigenvalue weighted by Crippen LogP contribution is -2.39. The molecule has 160 valence electrons. The minimum absolute atomic E-state index is 0.165. The van der Waals surface area contributed by atoms with E-state index < -0.39 is 17.6 Å². The topological polar surface area (TPSA) is 84.7 Å². The smallest absolute Gasteiger partial charge is 0.416 e. The fourth-order valence-electron chi connectivity index (χ4n) is 3.41. The van der Waals surface area contributed by atoms with Gasteiger partial charge in [0.25, 0.3) is 5.91 Å². The van der Waals surface area contributed by atoms with Crippen LogP contribution in [0.25, 0.3) is 0 Å². The Morgan fingerprint density at radius 3 is 2.57 bits per heavy atom. The maximum absolute atomic E-state index is 12.6. The molecule has 1 unspecified atom stereocenters. The van der Waals surface area contributed by atoms with Crippen LogP contribution in [0.3, 0.4) is 0 Å². The molecule has 0 saturated carbocycles. The van der Waals surface area contributed by atoms with E-state index in [1.165, 1.54) is 12.1 Å². The molecular formula is C21H22F3N3O3. The number of hydrogen-bond donors (Lipinski definition) is 2. The zero-order valence-corrected chi connectivity index (χ0v) is 16.1. The Labute approximate surface area is 171 Å². The maximum atomic E-state index is 12.6. The highest BCUT2D eigenvalue weighted by molar-refractivity contribution is 5.91. The van der Waals surface area contributed by atoms with Gasteiger partial charge in [0.1, 0.15) is 5.75 Å². The molecule has 1 fully saturated rings. The number of halogens is 3. The number of rotatable bonds is 7. The van der Waals surface area contributed by atoms with Crippen LogP contribution < -0.4 is 15.8 Å². The van der Waals surface area contributed by atoms with Gasteiger partial charge in [-0.3, -0.25) is 14.5 Å². The molecule has 2 aromatic carbocycles. The number of ether oxygens (including phenoxy) is 1. The molecule has 6 nitrogen and oxygen atoms in total. The van der Waals surface area contributed by atoms with Gasteiger partial charge in [-0.05, 0) is 61.3 Å². The first-order chi connectivity index (χ1) is 14.2. The van der Waals surface area contributed by atoms with Crippen molar-refractivity contribution in [1.29, 1.82) is 0 Å². The molecule has 1 saturated heterocycles. The van der Waals surface area contributed by atoms with Crippen molar-refractivity contribution in [2.24, 2.45) is 5.73 Å². The molecule has 1 aliphatic rings. The van der Waals surface area contributed by atoms with E-state index in [0.29, 0.717) is 12.2 Å². The first-order valence-corrected chi connectivity index (χ1v) is 9.44.